The summed E-state index contributed by atoms with van der Waals surface area (Å²) in [6.07, 6.45) is 3.26. The molecule has 2 aromatic heterocycles. The molecule has 0 spiro atoms. The summed E-state index contributed by atoms with van der Waals surface area (Å²) in [7, 11) is 0. The van der Waals surface area contributed by atoms with Gasteiger partial charge in [-0.2, -0.15) is 0 Å². The Bertz CT molecular complexity index is 695. The summed E-state index contributed by atoms with van der Waals surface area (Å²) in [4.78, 5) is 27.9. The molecule has 1 aliphatic rings. The highest BCUT2D eigenvalue weighted by Crippen LogP contribution is 2.17. The number of nitrogens with one attached hydrogen (secondary N) is 1. The van der Waals surface area contributed by atoms with E-state index in [2.05, 4.69) is 20.3 Å². The van der Waals surface area contributed by atoms with Crippen molar-refractivity contribution in [3.05, 3.63) is 30.7 Å². The molecular formula is C15H20N6O4. The lowest BCUT2D eigenvalue weighted by Gasteiger charge is -2.22. The van der Waals surface area contributed by atoms with E-state index in [4.69, 9.17) is 9.52 Å². The lowest BCUT2D eigenvalue weighted by Crippen LogP contribution is -2.37. The van der Waals surface area contributed by atoms with E-state index in [1.54, 1.807) is 6.07 Å². The van der Waals surface area contributed by atoms with Crippen LogP contribution in [-0.2, 0) is 0 Å². The van der Waals surface area contributed by atoms with Crippen molar-refractivity contribution in [3.8, 4) is 0 Å². The number of hydrogen-bond acceptors (Lipinski definition) is 9. The third-order valence-electron chi connectivity index (χ3n) is 3.83. The van der Waals surface area contributed by atoms with E-state index < -0.39 is 6.10 Å². The lowest BCUT2D eigenvalue weighted by molar-refractivity contribution is 0.0643. The first-order valence-corrected chi connectivity index (χ1v) is 7.95. The molecule has 0 aliphatic carbocycles. The number of amides is 1. The zero-order valence-electron chi connectivity index (χ0n) is 13.6. The number of carbonyl (C=O) groups is 1. The van der Waals surface area contributed by atoms with Gasteiger partial charge in [-0.05, 0) is 0 Å². The van der Waals surface area contributed by atoms with Gasteiger partial charge >= 0.3 is 0 Å². The second-order valence-electron chi connectivity index (χ2n) is 5.63. The number of rotatable bonds is 5. The highest BCUT2D eigenvalue weighted by atomic mass is 16.3. The van der Waals surface area contributed by atoms with Crippen LogP contribution in [0.15, 0.2) is 29.4 Å². The minimum atomic E-state index is -0.724. The number of anilines is 2. The molecule has 0 bridgehead atoms. The molecule has 3 rings (SSSR count). The van der Waals surface area contributed by atoms with Crippen LogP contribution < -0.4 is 10.2 Å². The van der Waals surface area contributed by atoms with Crippen molar-refractivity contribution >= 4 is 17.5 Å². The van der Waals surface area contributed by atoms with Crippen molar-refractivity contribution in [1.82, 2.24) is 19.9 Å². The van der Waals surface area contributed by atoms with E-state index in [9.17, 15) is 9.90 Å². The van der Waals surface area contributed by atoms with Crippen LogP contribution in [0, 0.1) is 0 Å². The Morgan fingerprint density at radius 2 is 2.24 bits per heavy atom. The van der Waals surface area contributed by atoms with Crippen LogP contribution in [0.3, 0.4) is 0 Å². The SMILES string of the molecule is O=C(c1cnco1)N1CCN(c2cc(NCCO)ncn2)C[C@H](O)C1. The van der Waals surface area contributed by atoms with Crippen LogP contribution in [0.2, 0.25) is 0 Å². The van der Waals surface area contributed by atoms with Crippen LogP contribution in [0.25, 0.3) is 0 Å². The molecule has 1 atom stereocenters. The van der Waals surface area contributed by atoms with Crippen molar-refractivity contribution in [1.29, 1.82) is 0 Å². The fourth-order valence-electron chi connectivity index (χ4n) is 2.66. The normalized spacial score (nSPS) is 18.1. The minimum Gasteiger partial charge on any atom is -0.438 e. The van der Waals surface area contributed by atoms with E-state index in [0.717, 1.165) is 0 Å². The van der Waals surface area contributed by atoms with E-state index in [-0.39, 0.29) is 24.8 Å². The number of nitrogens with zero attached hydrogens (tertiary/aromatic N) is 5. The molecular weight excluding hydrogens is 328 g/mol. The second-order valence-corrected chi connectivity index (χ2v) is 5.63. The first-order valence-electron chi connectivity index (χ1n) is 7.95. The van der Waals surface area contributed by atoms with E-state index in [1.807, 2.05) is 4.90 Å². The van der Waals surface area contributed by atoms with E-state index in [0.29, 0.717) is 37.8 Å². The van der Waals surface area contributed by atoms with Crippen LogP contribution in [0.4, 0.5) is 11.6 Å². The predicted octanol–water partition coefficient (Wildman–Crippen LogP) is -0.808. The first kappa shape index (κ1) is 17.1. The largest absolute Gasteiger partial charge is 0.438 e. The molecule has 3 N–H and O–H groups in total. The Labute approximate surface area is 144 Å². The fraction of sp³-hybridized carbons (Fsp3) is 0.467. The van der Waals surface area contributed by atoms with Gasteiger partial charge in [0.05, 0.1) is 18.9 Å². The molecule has 0 saturated carbocycles. The summed E-state index contributed by atoms with van der Waals surface area (Å²) >= 11 is 0. The summed E-state index contributed by atoms with van der Waals surface area (Å²) < 4.78 is 5.04. The average Bonchev–Trinajstić information content (AvgIpc) is 3.09. The van der Waals surface area contributed by atoms with Gasteiger partial charge in [0.1, 0.15) is 18.0 Å². The van der Waals surface area contributed by atoms with Crippen LogP contribution >= 0.6 is 0 Å². The average molecular weight is 348 g/mol. The molecule has 3 heterocycles. The smallest absolute Gasteiger partial charge is 0.291 e. The molecule has 134 valence electrons. The molecule has 0 aromatic carbocycles. The Morgan fingerprint density at radius 3 is 3.00 bits per heavy atom. The molecule has 10 heteroatoms. The van der Waals surface area contributed by atoms with Crippen molar-refractivity contribution in [2.45, 2.75) is 6.10 Å². The van der Waals surface area contributed by atoms with Crippen LogP contribution in [-0.4, -0.2) is 81.4 Å². The molecule has 2 aromatic rings. The number of hydrogen-bond donors (Lipinski definition) is 3. The fourth-order valence-corrected chi connectivity index (χ4v) is 2.66. The van der Waals surface area contributed by atoms with Crippen molar-refractivity contribution < 1.29 is 19.4 Å². The number of oxazole rings is 1. The summed E-state index contributed by atoms with van der Waals surface area (Å²) in [5, 5.41) is 22.1. The predicted molar refractivity (Wildman–Crippen MR) is 88.2 cm³/mol. The zero-order chi connectivity index (χ0) is 17.6. The molecule has 10 nitrogen and oxygen atoms in total. The zero-order valence-corrected chi connectivity index (χ0v) is 13.6. The van der Waals surface area contributed by atoms with E-state index in [1.165, 1.54) is 23.8 Å². The Morgan fingerprint density at radius 1 is 1.36 bits per heavy atom. The molecule has 1 aliphatic heterocycles. The molecule has 1 amide bonds. The summed E-state index contributed by atoms with van der Waals surface area (Å²) in [6, 6.07) is 1.75. The monoisotopic (exact) mass is 348 g/mol. The van der Waals surface area contributed by atoms with Gasteiger partial charge in [-0.25, -0.2) is 15.0 Å². The number of aromatic nitrogens is 3. The topological polar surface area (TPSA) is 128 Å². The summed E-state index contributed by atoms with van der Waals surface area (Å²) in [5.74, 6) is 1.08. The maximum absolute atomic E-state index is 12.4. The molecule has 1 saturated heterocycles. The first-order chi connectivity index (χ1) is 12.2. The summed E-state index contributed by atoms with van der Waals surface area (Å²) in [5.41, 5.74) is 0. The van der Waals surface area contributed by atoms with Gasteiger partial charge in [0.15, 0.2) is 6.39 Å². The minimum absolute atomic E-state index is 0.000469. The van der Waals surface area contributed by atoms with Gasteiger partial charge in [-0.15, -0.1) is 0 Å². The van der Waals surface area contributed by atoms with Gasteiger partial charge < -0.3 is 29.7 Å². The van der Waals surface area contributed by atoms with Crippen LogP contribution in [0.1, 0.15) is 10.6 Å². The van der Waals surface area contributed by atoms with Crippen molar-refractivity contribution in [2.24, 2.45) is 0 Å². The number of carbonyl (C=O) groups excluding carboxylic acids is 1. The van der Waals surface area contributed by atoms with Crippen molar-refractivity contribution in [3.63, 3.8) is 0 Å². The van der Waals surface area contributed by atoms with Gasteiger partial charge in [-0.1, -0.05) is 0 Å². The Hall–Kier alpha value is -2.72. The highest BCUT2D eigenvalue weighted by Gasteiger charge is 2.27. The van der Waals surface area contributed by atoms with Gasteiger partial charge in [0.2, 0.25) is 5.76 Å². The molecule has 0 radical (unpaired) electrons. The maximum Gasteiger partial charge on any atom is 0.291 e. The van der Waals surface area contributed by atoms with Crippen LogP contribution in [0.5, 0.6) is 0 Å². The van der Waals surface area contributed by atoms with Gasteiger partial charge in [0, 0.05) is 38.8 Å². The molecule has 25 heavy (non-hydrogen) atoms. The summed E-state index contributed by atoms with van der Waals surface area (Å²) in [6.45, 7) is 1.86. The highest BCUT2D eigenvalue weighted by molar-refractivity contribution is 5.91. The van der Waals surface area contributed by atoms with Gasteiger partial charge in [-0.3, -0.25) is 4.79 Å². The quantitative estimate of drug-likeness (QED) is 0.635. The Balaban J connectivity index is 1.70. The molecule has 1 fully saturated rings. The van der Waals surface area contributed by atoms with E-state index >= 15 is 0 Å². The lowest BCUT2D eigenvalue weighted by atomic mass is 10.3. The number of β-amino-alcohol motifs (C(OH)–C–C–N with tert-alkyl or cyclic N) is 1. The number of aliphatic hydroxyl groups excluding tert-OH is 2. The molecule has 0 unspecified atom stereocenters. The number of aliphatic hydroxyl groups is 2. The third kappa shape index (κ3) is 4.22. The van der Waals surface area contributed by atoms with Gasteiger partial charge in [0.25, 0.3) is 5.91 Å². The second kappa shape index (κ2) is 7.90. The van der Waals surface area contributed by atoms with Crippen molar-refractivity contribution in [2.75, 3.05) is 49.5 Å². The third-order valence-corrected chi connectivity index (χ3v) is 3.83. The maximum atomic E-state index is 12.4. The Kier molecular flexibility index (Phi) is 5.41. The standard InChI is InChI=1S/C15H20N6O4/c22-4-1-17-13-5-14(19-9-18-13)20-2-3-21(8-11(23)7-20)15(24)12-6-16-10-25-12/h5-6,9-11,22-23H,1-4,7-8H2,(H,17,18,19)/t11-/m0/s1.